The van der Waals surface area contributed by atoms with Gasteiger partial charge in [0.2, 0.25) is 5.91 Å². The number of hydrogen-bond donors (Lipinski definition) is 2. The van der Waals surface area contributed by atoms with Crippen LogP contribution >= 0.6 is 0 Å². The van der Waals surface area contributed by atoms with E-state index < -0.39 is 0 Å². The van der Waals surface area contributed by atoms with Crippen LogP contribution in [-0.2, 0) is 16.0 Å². The van der Waals surface area contributed by atoms with E-state index in [0.717, 1.165) is 30.6 Å². The molecular weight excluding hydrogens is 252 g/mol. The van der Waals surface area contributed by atoms with Crippen molar-refractivity contribution in [3.63, 3.8) is 0 Å². The van der Waals surface area contributed by atoms with Gasteiger partial charge in [0.15, 0.2) is 0 Å². The van der Waals surface area contributed by atoms with Crippen molar-refractivity contribution in [1.82, 2.24) is 0 Å². The lowest BCUT2D eigenvalue weighted by molar-refractivity contribution is -0.116. The lowest BCUT2D eigenvalue weighted by atomic mass is 9.98. The number of ether oxygens (including phenoxy) is 1. The summed E-state index contributed by atoms with van der Waals surface area (Å²) in [6, 6.07) is 6.68. The van der Waals surface area contributed by atoms with Crippen LogP contribution in [0.2, 0.25) is 0 Å². The van der Waals surface area contributed by atoms with Gasteiger partial charge in [-0.1, -0.05) is 0 Å². The van der Waals surface area contributed by atoms with E-state index in [0.29, 0.717) is 24.7 Å². The van der Waals surface area contributed by atoms with Crippen LogP contribution in [0.5, 0.6) is 0 Å². The second-order valence-corrected chi connectivity index (χ2v) is 5.99. The number of benzene rings is 1. The summed E-state index contributed by atoms with van der Waals surface area (Å²) in [5.74, 6) is 0.116. The van der Waals surface area contributed by atoms with Crippen LogP contribution in [0, 0.1) is 0 Å². The van der Waals surface area contributed by atoms with Crippen molar-refractivity contribution in [2.45, 2.75) is 57.8 Å². The number of amides is 1. The van der Waals surface area contributed by atoms with Gasteiger partial charge < -0.3 is 15.4 Å². The zero-order valence-electron chi connectivity index (χ0n) is 12.1. The predicted molar refractivity (Wildman–Crippen MR) is 80.0 cm³/mol. The lowest BCUT2D eigenvalue weighted by Gasteiger charge is -2.33. The molecule has 0 spiro atoms. The third kappa shape index (κ3) is 2.96. The van der Waals surface area contributed by atoms with Crippen molar-refractivity contribution in [1.29, 1.82) is 0 Å². The molecule has 0 aromatic heterocycles. The highest BCUT2D eigenvalue weighted by Crippen LogP contribution is 2.28. The minimum absolute atomic E-state index is 0.116. The molecule has 1 amide bonds. The second-order valence-electron chi connectivity index (χ2n) is 5.99. The van der Waals surface area contributed by atoms with Crippen molar-refractivity contribution in [3.8, 4) is 0 Å². The van der Waals surface area contributed by atoms with Gasteiger partial charge in [-0.25, -0.2) is 0 Å². The molecule has 0 radical (unpaired) electrons. The maximum atomic E-state index is 11.4. The minimum atomic E-state index is 0.116. The van der Waals surface area contributed by atoms with E-state index in [1.165, 1.54) is 5.56 Å². The summed E-state index contributed by atoms with van der Waals surface area (Å²) in [5.41, 5.74) is 3.33. The van der Waals surface area contributed by atoms with Crippen LogP contribution in [0.3, 0.4) is 0 Å². The van der Waals surface area contributed by atoms with Crippen LogP contribution in [-0.4, -0.2) is 24.2 Å². The first-order valence-corrected chi connectivity index (χ1v) is 7.45. The molecule has 2 aliphatic rings. The van der Waals surface area contributed by atoms with Gasteiger partial charge in [-0.3, -0.25) is 4.79 Å². The Balaban J connectivity index is 1.70. The van der Waals surface area contributed by atoms with Crippen LogP contribution in [0.25, 0.3) is 0 Å². The molecule has 2 aliphatic heterocycles. The molecule has 1 saturated heterocycles. The number of anilines is 2. The van der Waals surface area contributed by atoms with Gasteiger partial charge in [0, 0.05) is 23.8 Å². The predicted octanol–water partition coefficient (Wildman–Crippen LogP) is 2.94. The largest absolute Gasteiger partial charge is 0.382 e. The van der Waals surface area contributed by atoms with E-state index in [4.69, 9.17) is 4.74 Å². The normalized spacial score (nSPS) is 29.5. The standard InChI is InChI=1S/C16H22N2O2/c1-10-7-14(8-11(2)20-10)17-13-4-5-15-12(9-13)3-6-16(19)18-15/h4-5,9-11,14,17H,3,6-8H2,1-2H3,(H,18,19). The smallest absolute Gasteiger partial charge is 0.224 e. The molecule has 1 fully saturated rings. The fourth-order valence-corrected chi connectivity index (χ4v) is 3.23. The number of fused-ring (bicyclic) bond motifs is 1. The van der Waals surface area contributed by atoms with Crippen LogP contribution < -0.4 is 10.6 Å². The Hall–Kier alpha value is -1.55. The maximum Gasteiger partial charge on any atom is 0.224 e. The monoisotopic (exact) mass is 274 g/mol. The Kier molecular flexibility index (Phi) is 3.66. The maximum absolute atomic E-state index is 11.4. The fraction of sp³-hybridized carbons (Fsp3) is 0.562. The Bertz CT molecular complexity index is 505. The molecule has 4 heteroatoms. The van der Waals surface area contributed by atoms with Crippen LogP contribution in [0.4, 0.5) is 11.4 Å². The summed E-state index contributed by atoms with van der Waals surface area (Å²) >= 11 is 0. The average Bonchev–Trinajstić information content (AvgIpc) is 2.38. The molecule has 4 nitrogen and oxygen atoms in total. The number of aryl methyl sites for hydroxylation is 1. The number of hydrogen-bond acceptors (Lipinski definition) is 3. The molecule has 0 saturated carbocycles. The first-order chi connectivity index (χ1) is 9.60. The third-order valence-corrected chi connectivity index (χ3v) is 4.07. The zero-order chi connectivity index (χ0) is 14.1. The molecule has 20 heavy (non-hydrogen) atoms. The molecule has 108 valence electrons. The Morgan fingerprint density at radius 2 is 1.95 bits per heavy atom. The fourth-order valence-electron chi connectivity index (χ4n) is 3.23. The SMILES string of the molecule is CC1CC(Nc2ccc3c(c2)CCC(=O)N3)CC(C)O1. The van der Waals surface area contributed by atoms with E-state index in [9.17, 15) is 4.79 Å². The Morgan fingerprint density at radius 3 is 2.70 bits per heavy atom. The molecule has 2 unspecified atom stereocenters. The van der Waals surface area contributed by atoms with E-state index in [-0.39, 0.29) is 5.91 Å². The number of carbonyl (C=O) groups is 1. The first-order valence-electron chi connectivity index (χ1n) is 7.45. The highest BCUT2D eigenvalue weighted by atomic mass is 16.5. The highest BCUT2D eigenvalue weighted by Gasteiger charge is 2.24. The van der Waals surface area contributed by atoms with E-state index in [2.05, 4.69) is 36.6 Å². The van der Waals surface area contributed by atoms with Crippen molar-refractivity contribution in [2.24, 2.45) is 0 Å². The summed E-state index contributed by atoms with van der Waals surface area (Å²) in [7, 11) is 0. The topological polar surface area (TPSA) is 50.4 Å². The molecule has 0 aliphatic carbocycles. The van der Waals surface area contributed by atoms with Crippen molar-refractivity contribution >= 4 is 17.3 Å². The molecule has 2 heterocycles. The lowest BCUT2D eigenvalue weighted by Crippen LogP contribution is -2.36. The summed E-state index contributed by atoms with van der Waals surface area (Å²) in [5, 5.41) is 6.53. The van der Waals surface area contributed by atoms with Gasteiger partial charge in [-0.05, 0) is 56.9 Å². The zero-order valence-corrected chi connectivity index (χ0v) is 12.1. The first kappa shape index (κ1) is 13.4. The van der Waals surface area contributed by atoms with E-state index >= 15 is 0 Å². The number of carbonyl (C=O) groups excluding carboxylic acids is 1. The van der Waals surface area contributed by atoms with Crippen molar-refractivity contribution in [3.05, 3.63) is 23.8 Å². The van der Waals surface area contributed by atoms with Gasteiger partial charge >= 0.3 is 0 Å². The van der Waals surface area contributed by atoms with Crippen LogP contribution in [0.1, 0.15) is 38.7 Å². The third-order valence-electron chi connectivity index (χ3n) is 4.07. The van der Waals surface area contributed by atoms with Crippen molar-refractivity contribution < 1.29 is 9.53 Å². The summed E-state index contributed by atoms with van der Waals surface area (Å²) < 4.78 is 5.77. The van der Waals surface area contributed by atoms with Gasteiger partial charge in [0.25, 0.3) is 0 Å². The summed E-state index contributed by atoms with van der Waals surface area (Å²) in [4.78, 5) is 11.4. The minimum Gasteiger partial charge on any atom is -0.382 e. The molecule has 1 aromatic rings. The van der Waals surface area contributed by atoms with Crippen molar-refractivity contribution in [2.75, 3.05) is 10.6 Å². The van der Waals surface area contributed by atoms with Gasteiger partial charge in [0.05, 0.1) is 12.2 Å². The number of rotatable bonds is 2. The summed E-state index contributed by atoms with van der Waals surface area (Å²) in [6.45, 7) is 4.26. The molecule has 1 aromatic carbocycles. The molecule has 2 atom stereocenters. The molecule has 3 rings (SSSR count). The second kappa shape index (κ2) is 5.44. The van der Waals surface area contributed by atoms with Gasteiger partial charge in [0.1, 0.15) is 0 Å². The van der Waals surface area contributed by atoms with Crippen LogP contribution in [0.15, 0.2) is 18.2 Å². The van der Waals surface area contributed by atoms with E-state index in [1.54, 1.807) is 0 Å². The molecule has 0 bridgehead atoms. The Labute approximate surface area is 119 Å². The molecule has 2 N–H and O–H groups in total. The van der Waals surface area contributed by atoms with Gasteiger partial charge in [-0.2, -0.15) is 0 Å². The Morgan fingerprint density at radius 1 is 1.20 bits per heavy atom. The van der Waals surface area contributed by atoms with E-state index in [1.807, 2.05) is 6.07 Å². The van der Waals surface area contributed by atoms with Gasteiger partial charge in [-0.15, -0.1) is 0 Å². The molecular formula is C16H22N2O2. The summed E-state index contributed by atoms with van der Waals surface area (Å²) in [6.07, 6.45) is 4.12. The average molecular weight is 274 g/mol. The number of nitrogens with one attached hydrogen (secondary N) is 2. The highest BCUT2D eigenvalue weighted by molar-refractivity contribution is 5.94. The quantitative estimate of drug-likeness (QED) is 0.871.